The average molecular weight is 557 g/mol. The van der Waals surface area contributed by atoms with Crippen LogP contribution in [0.5, 0.6) is 0 Å². The van der Waals surface area contributed by atoms with Crippen LogP contribution in [0.15, 0.2) is 55.3 Å². The highest BCUT2D eigenvalue weighted by Gasteiger charge is 2.30. The van der Waals surface area contributed by atoms with E-state index in [-0.39, 0.29) is 13.1 Å². The highest BCUT2D eigenvalue weighted by Crippen LogP contribution is 2.47. The van der Waals surface area contributed by atoms with Gasteiger partial charge in [-0.3, -0.25) is 4.79 Å². The predicted molar refractivity (Wildman–Crippen MR) is 120 cm³/mol. The Morgan fingerprint density at radius 3 is 2.52 bits per heavy atom. The lowest BCUT2D eigenvalue weighted by atomic mass is 10.3. The summed E-state index contributed by atoms with van der Waals surface area (Å²) in [6.07, 6.45) is 1.86. The molecular weight excluding hydrogens is 544 g/mol. The SMILES string of the molecule is O=C(O)CN1C(=Cc2sc3ccc(Br)cc3[n+]2CC(=O)O)Sc2ccc(Br)cc21. The number of hydrogen-bond acceptors (Lipinski definition) is 5. The highest BCUT2D eigenvalue weighted by molar-refractivity contribution is 9.10. The van der Waals surface area contributed by atoms with Crippen LogP contribution >= 0.6 is 55.0 Å². The summed E-state index contributed by atoms with van der Waals surface area (Å²) in [6.45, 7) is -0.366. The Kier molecular flexibility index (Phi) is 5.69. The van der Waals surface area contributed by atoms with Crippen LogP contribution in [0, 0.1) is 0 Å². The van der Waals surface area contributed by atoms with Gasteiger partial charge < -0.3 is 15.1 Å². The summed E-state index contributed by atoms with van der Waals surface area (Å²) >= 11 is 9.82. The van der Waals surface area contributed by atoms with Gasteiger partial charge in [0.2, 0.25) is 12.1 Å². The van der Waals surface area contributed by atoms with E-state index < -0.39 is 11.9 Å². The second kappa shape index (κ2) is 8.10. The van der Waals surface area contributed by atoms with Gasteiger partial charge in [0.25, 0.3) is 5.01 Å². The lowest BCUT2D eigenvalue weighted by molar-refractivity contribution is -0.657. The van der Waals surface area contributed by atoms with Crippen molar-refractivity contribution in [3.8, 4) is 0 Å². The first-order valence-electron chi connectivity index (χ1n) is 8.34. The Hall–Kier alpha value is -1.88. The number of carboxylic acid groups (broad SMARTS) is 2. The molecule has 2 heterocycles. The van der Waals surface area contributed by atoms with Gasteiger partial charge in [0.1, 0.15) is 11.2 Å². The van der Waals surface area contributed by atoms with Crippen molar-refractivity contribution in [2.24, 2.45) is 0 Å². The lowest BCUT2D eigenvalue weighted by Gasteiger charge is -2.17. The zero-order chi connectivity index (χ0) is 20.7. The van der Waals surface area contributed by atoms with E-state index in [9.17, 15) is 19.8 Å². The maximum atomic E-state index is 11.5. The quantitative estimate of drug-likeness (QED) is 0.440. The molecule has 6 nitrogen and oxygen atoms in total. The third-order valence-electron chi connectivity index (χ3n) is 4.22. The number of aliphatic carboxylic acids is 2. The summed E-state index contributed by atoms with van der Waals surface area (Å²) in [5, 5.41) is 20.3. The number of anilines is 1. The molecule has 1 aromatic heterocycles. The molecule has 148 valence electrons. The molecule has 1 aliphatic heterocycles. The van der Waals surface area contributed by atoms with E-state index in [0.717, 1.165) is 39.8 Å². The van der Waals surface area contributed by atoms with Gasteiger partial charge in [0, 0.05) is 19.9 Å². The summed E-state index contributed by atoms with van der Waals surface area (Å²) in [5.74, 6) is -1.88. The zero-order valence-electron chi connectivity index (χ0n) is 14.6. The van der Waals surface area contributed by atoms with Gasteiger partial charge in [-0.25, -0.2) is 4.79 Å². The van der Waals surface area contributed by atoms with E-state index in [2.05, 4.69) is 31.9 Å². The maximum Gasteiger partial charge on any atom is 0.370 e. The van der Waals surface area contributed by atoms with Crippen molar-refractivity contribution < 1.29 is 24.4 Å². The molecule has 2 aromatic carbocycles. The minimum atomic E-state index is -0.942. The van der Waals surface area contributed by atoms with Gasteiger partial charge in [-0.1, -0.05) is 55.0 Å². The first-order chi connectivity index (χ1) is 13.8. The van der Waals surface area contributed by atoms with Crippen molar-refractivity contribution in [3.63, 3.8) is 0 Å². The summed E-state index contributed by atoms with van der Waals surface area (Å²) in [5.41, 5.74) is 1.62. The number of thiazole rings is 1. The molecule has 29 heavy (non-hydrogen) atoms. The van der Waals surface area contributed by atoms with E-state index >= 15 is 0 Å². The van der Waals surface area contributed by atoms with Crippen LogP contribution in [0.4, 0.5) is 5.69 Å². The fourth-order valence-electron chi connectivity index (χ4n) is 3.07. The van der Waals surface area contributed by atoms with Crippen LogP contribution in [-0.2, 0) is 16.1 Å². The van der Waals surface area contributed by atoms with Crippen molar-refractivity contribution in [3.05, 3.63) is 55.4 Å². The predicted octanol–water partition coefficient (Wildman–Crippen LogP) is 4.79. The third kappa shape index (κ3) is 4.20. The third-order valence-corrected chi connectivity index (χ3v) is 7.43. The molecule has 2 N–H and O–H groups in total. The molecular formula is C19H13Br2N2O4S2+. The minimum absolute atomic E-state index is 0.183. The molecule has 1 aliphatic rings. The van der Waals surface area contributed by atoms with Gasteiger partial charge in [-0.2, -0.15) is 4.57 Å². The van der Waals surface area contributed by atoms with Crippen molar-refractivity contribution in [1.82, 2.24) is 0 Å². The number of aromatic nitrogens is 1. The van der Waals surface area contributed by atoms with Gasteiger partial charge in [-0.15, -0.1) is 0 Å². The van der Waals surface area contributed by atoms with Gasteiger partial charge >= 0.3 is 11.9 Å². The van der Waals surface area contributed by atoms with Crippen LogP contribution < -0.4 is 9.47 Å². The second-order valence-electron chi connectivity index (χ2n) is 6.21. The standard InChI is InChI=1S/C19H12Br2N2O4S2/c20-10-1-3-14-12(5-10)22(8-18(24)25)16(28-14)7-17-23(9-19(26)27)13-6-11(21)2-4-15(13)29-17/h1-7H,8-9H2,(H-,24,25,26,27)/p+1. The first-order valence-corrected chi connectivity index (χ1v) is 11.6. The minimum Gasteiger partial charge on any atom is -0.480 e. The fraction of sp³-hybridized carbons (Fsp3) is 0.105. The molecule has 0 aliphatic carbocycles. The number of benzene rings is 2. The molecule has 0 unspecified atom stereocenters. The van der Waals surface area contributed by atoms with E-state index in [1.807, 2.05) is 42.5 Å². The number of halogens is 2. The summed E-state index contributed by atoms with van der Waals surface area (Å²) in [7, 11) is 0. The Labute approximate surface area is 190 Å². The molecule has 0 fully saturated rings. The molecule has 0 amide bonds. The van der Waals surface area contributed by atoms with Gasteiger partial charge in [0.05, 0.1) is 16.8 Å². The van der Waals surface area contributed by atoms with Crippen molar-refractivity contribution in [1.29, 1.82) is 0 Å². The average Bonchev–Trinajstić information content (AvgIpc) is 3.13. The Bertz CT molecular complexity index is 1190. The number of hydrogen-bond donors (Lipinski definition) is 2. The Balaban J connectivity index is 1.85. The van der Waals surface area contributed by atoms with Crippen molar-refractivity contribution in [2.75, 3.05) is 11.4 Å². The highest BCUT2D eigenvalue weighted by atomic mass is 79.9. The topological polar surface area (TPSA) is 81.7 Å². The molecule has 10 heteroatoms. The van der Waals surface area contributed by atoms with Crippen LogP contribution in [0.2, 0.25) is 0 Å². The van der Waals surface area contributed by atoms with Crippen LogP contribution in [0.25, 0.3) is 16.3 Å². The van der Waals surface area contributed by atoms with Crippen LogP contribution in [0.1, 0.15) is 5.01 Å². The van der Waals surface area contributed by atoms with Gasteiger partial charge in [-0.05, 0) is 30.3 Å². The smallest absolute Gasteiger partial charge is 0.370 e. The molecule has 0 bridgehead atoms. The molecule has 0 radical (unpaired) electrons. The maximum absolute atomic E-state index is 11.5. The number of carboxylic acids is 2. The fourth-order valence-corrected chi connectivity index (χ4v) is 6.00. The number of nitrogens with zero attached hydrogens (tertiary/aromatic N) is 2. The number of rotatable bonds is 5. The summed E-state index contributed by atoms with van der Waals surface area (Å²) in [6, 6.07) is 11.5. The van der Waals surface area contributed by atoms with Crippen LogP contribution in [-0.4, -0.2) is 28.7 Å². The second-order valence-corrected chi connectivity index (χ2v) is 10.2. The van der Waals surface area contributed by atoms with Crippen LogP contribution in [0.3, 0.4) is 0 Å². The molecule has 0 saturated heterocycles. The van der Waals surface area contributed by atoms with E-state index in [1.165, 1.54) is 23.1 Å². The lowest BCUT2D eigenvalue weighted by Crippen LogP contribution is -2.39. The van der Waals surface area contributed by atoms with E-state index in [0.29, 0.717) is 0 Å². The number of thioether (sulfide) groups is 1. The normalized spacial score (nSPS) is 14.6. The molecule has 3 aromatic rings. The van der Waals surface area contributed by atoms with E-state index in [1.54, 1.807) is 9.47 Å². The summed E-state index contributed by atoms with van der Waals surface area (Å²) in [4.78, 5) is 25.6. The monoisotopic (exact) mass is 555 g/mol. The zero-order valence-corrected chi connectivity index (χ0v) is 19.4. The Morgan fingerprint density at radius 1 is 1.07 bits per heavy atom. The molecule has 0 saturated carbocycles. The number of carbonyl (C=O) groups is 2. The van der Waals surface area contributed by atoms with Gasteiger partial charge in [0.15, 0.2) is 0 Å². The largest absolute Gasteiger partial charge is 0.480 e. The van der Waals surface area contributed by atoms with E-state index in [4.69, 9.17) is 0 Å². The molecule has 4 rings (SSSR count). The Morgan fingerprint density at radius 2 is 1.79 bits per heavy atom. The van der Waals surface area contributed by atoms with Crippen molar-refractivity contribution in [2.45, 2.75) is 11.4 Å². The first kappa shape index (κ1) is 20.4. The summed E-state index contributed by atoms with van der Waals surface area (Å²) < 4.78 is 4.41. The number of fused-ring (bicyclic) bond motifs is 2. The molecule has 0 spiro atoms. The molecule has 0 atom stereocenters. The van der Waals surface area contributed by atoms with Crippen molar-refractivity contribution >= 4 is 88.9 Å².